The second kappa shape index (κ2) is 4.65. The van der Waals surface area contributed by atoms with Crippen LogP contribution in [0.4, 0.5) is 0 Å². The summed E-state index contributed by atoms with van der Waals surface area (Å²) in [7, 11) is 0. The highest BCUT2D eigenvalue weighted by Gasteiger charge is 1.98. The van der Waals surface area contributed by atoms with E-state index in [-0.39, 0.29) is 0 Å². The smallest absolute Gasteiger partial charge is 0.294 e. The van der Waals surface area contributed by atoms with Gasteiger partial charge in [-0.1, -0.05) is 0 Å². The molecule has 42 valence electrons. The Morgan fingerprint density at radius 1 is 1.43 bits per heavy atom. The molecule has 0 aliphatic rings. The van der Waals surface area contributed by atoms with Crippen LogP contribution in [0.1, 0.15) is 6.92 Å². The van der Waals surface area contributed by atoms with Crippen molar-refractivity contribution in [2.45, 2.75) is 18.5 Å². The minimum absolute atomic E-state index is 0.410. The normalized spacial score (nSPS) is 9.00. The SMILES string of the molecule is CCO[CH2][Al]([CH3])[CH3]. The van der Waals surface area contributed by atoms with E-state index in [4.69, 9.17) is 4.74 Å². The fourth-order valence-corrected chi connectivity index (χ4v) is 1.06. The number of hydrogen-bond acceptors (Lipinski definition) is 1. The van der Waals surface area contributed by atoms with Gasteiger partial charge in [-0.25, -0.2) is 0 Å². The van der Waals surface area contributed by atoms with Gasteiger partial charge >= 0.3 is 0 Å². The molecule has 0 amide bonds. The van der Waals surface area contributed by atoms with Crippen LogP contribution >= 0.6 is 0 Å². The second-order valence-corrected chi connectivity index (χ2v) is 5.17. The molecule has 0 spiro atoms. The first-order valence-electron chi connectivity index (χ1n) is 2.85. The Morgan fingerprint density at radius 3 is 2.14 bits per heavy atom. The van der Waals surface area contributed by atoms with Gasteiger partial charge in [0.1, 0.15) is 0 Å². The summed E-state index contributed by atoms with van der Waals surface area (Å²) in [6.45, 7) is 2.92. The van der Waals surface area contributed by atoms with E-state index >= 15 is 0 Å². The standard InChI is InChI=1S/C3H7O.2CH3.Al/c1-3-4-2;;;/h2-3H2,1H3;2*1H3;. The minimum atomic E-state index is -0.410. The second-order valence-electron chi connectivity index (χ2n) is 2.05. The largest absolute Gasteiger partial charge is 0.397 e. The summed E-state index contributed by atoms with van der Waals surface area (Å²) >= 11 is -0.410. The fraction of sp³-hybridized carbons (Fsp3) is 1.00. The third-order valence-electron chi connectivity index (χ3n) is 0.655. The Kier molecular flexibility index (Phi) is 4.97. The van der Waals surface area contributed by atoms with Crippen molar-refractivity contribution in [3.05, 3.63) is 0 Å². The molecule has 1 nitrogen and oxygen atoms in total. The fourth-order valence-electron chi connectivity index (χ4n) is 0.354. The lowest BCUT2D eigenvalue weighted by Gasteiger charge is -1.96. The van der Waals surface area contributed by atoms with Crippen molar-refractivity contribution in [1.29, 1.82) is 0 Å². The zero-order valence-electron chi connectivity index (χ0n) is 5.40. The summed E-state index contributed by atoms with van der Waals surface area (Å²) in [6.07, 6.45) is 0. The first-order chi connectivity index (χ1) is 3.27. The van der Waals surface area contributed by atoms with Gasteiger partial charge in [-0.15, -0.1) is 11.6 Å². The van der Waals surface area contributed by atoms with E-state index in [0.29, 0.717) is 0 Å². The molecule has 0 aromatic heterocycles. The van der Waals surface area contributed by atoms with Crippen molar-refractivity contribution in [1.82, 2.24) is 0 Å². The van der Waals surface area contributed by atoms with Crippen LogP contribution in [-0.2, 0) is 4.74 Å². The molecule has 0 atom stereocenters. The monoisotopic (exact) mass is 116 g/mol. The molecule has 0 radical (unpaired) electrons. The van der Waals surface area contributed by atoms with Crippen LogP contribution in [0.15, 0.2) is 0 Å². The van der Waals surface area contributed by atoms with E-state index in [1.54, 1.807) is 0 Å². The van der Waals surface area contributed by atoms with Crippen LogP contribution in [0, 0.1) is 0 Å². The van der Waals surface area contributed by atoms with Gasteiger partial charge in [0.15, 0.2) is 0 Å². The van der Waals surface area contributed by atoms with Crippen molar-refractivity contribution >= 4 is 14.1 Å². The average Bonchev–Trinajstić information content (AvgIpc) is 1.61. The van der Waals surface area contributed by atoms with Crippen molar-refractivity contribution in [2.75, 3.05) is 12.1 Å². The minimum Gasteiger partial charge on any atom is -0.397 e. The molecule has 0 aromatic carbocycles. The summed E-state index contributed by atoms with van der Waals surface area (Å²) in [5.41, 5.74) is 1.04. The van der Waals surface area contributed by atoms with Crippen LogP contribution in [0.2, 0.25) is 11.6 Å². The lowest BCUT2D eigenvalue weighted by molar-refractivity contribution is 0.191. The van der Waals surface area contributed by atoms with Crippen LogP contribution in [0.3, 0.4) is 0 Å². The quantitative estimate of drug-likeness (QED) is 0.505. The third kappa shape index (κ3) is 6.49. The zero-order chi connectivity index (χ0) is 5.70. The maximum atomic E-state index is 5.16. The predicted octanol–water partition coefficient (Wildman–Crippen LogP) is 1.32. The van der Waals surface area contributed by atoms with Gasteiger partial charge in [0.05, 0.1) is 0 Å². The van der Waals surface area contributed by atoms with Gasteiger partial charge in [-0.2, -0.15) is 0 Å². The van der Waals surface area contributed by atoms with Gasteiger partial charge < -0.3 is 4.74 Å². The van der Waals surface area contributed by atoms with Gasteiger partial charge in [0.2, 0.25) is 0 Å². The Bertz CT molecular complexity index is 37.1. The summed E-state index contributed by atoms with van der Waals surface area (Å²) in [6, 6.07) is 0. The maximum absolute atomic E-state index is 5.16. The highest BCUT2D eigenvalue weighted by molar-refractivity contribution is 6.55. The highest BCUT2D eigenvalue weighted by atomic mass is 27.2. The van der Waals surface area contributed by atoms with Crippen LogP contribution in [0.5, 0.6) is 0 Å². The molecular weight excluding hydrogens is 103 g/mol. The van der Waals surface area contributed by atoms with Crippen LogP contribution in [0.25, 0.3) is 0 Å². The predicted molar refractivity (Wildman–Crippen MR) is 34.0 cm³/mol. The molecule has 0 aromatic rings. The Hall–Kier alpha value is 0.492. The zero-order valence-corrected chi connectivity index (χ0v) is 6.55. The number of hydrogen-bond donors (Lipinski definition) is 0. The molecule has 0 aliphatic carbocycles. The Labute approximate surface area is 50.1 Å². The number of rotatable bonds is 3. The first-order valence-corrected chi connectivity index (χ1v) is 5.97. The molecule has 0 saturated carbocycles. The molecule has 0 aliphatic heterocycles. The molecule has 0 rings (SSSR count). The summed E-state index contributed by atoms with van der Waals surface area (Å²) in [4.78, 5) is 0. The van der Waals surface area contributed by atoms with Crippen LogP contribution in [-0.4, -0.2) is 26.2 Å². The highest BCUT2D eigenvalue weighted by Crippen LogP contribution is 1.79. The van der Waals surface area contributed by atoms with Gasteiger partial charge in [-0.3, -0.25) is 0 Å². The summed E-state index contributed by atoms with van der Waals surface area (Å²) in [5.74, 6) is 4.57. The summed E-state index contributed by atoms with van der Waals surface area (Å²) in [5, 5.41) is 0. The van der Waals surface area contributed by atoms with Crippen molar-refractivity contribution < 1.29 is 4.74 Å². The molecule has 0 fully saturated rings. The van der Waals surface area contributed by atoms with E-state index in [0.717, 1.165) is 12.1 Å². The Morgan fingerprint density at radius 2 is 2.00 bits per heavy atom. The molecule has 0 unspecified atom stereocenters. The third-order valence-corrected chi connectivity index (χ3v) is 1.56. The molecule has 0 N–H and O–H groups in total. The van der Waals surface area contributed by atoms with Crippen LogP contribution < -0.4 is 0 Å². The van der Waals surface area contributed by atoms with Gasteiger partial charge in [0.25, 0.3) is 14.1 Å². The van der Waals surface area contributed by atoms with Gasteiger partial charge in [-0.05, 0) is 12.4 Å². The topological polar surface area (TPSA) is 9.23 Å². The lowest BCUT2D eigenvalue weighted by atomic mass is 10.9. The van der Waals surface area contributed by atoms with E-state index in [2.05, 4.69) is 11.6 Å². The molecule has 0 bridgehead atoms. The lowest BCUT2D eigenvalue weighted by Crippen LogP contribution is -2.10. The van der Waals surface area contributed by atoms with E-state index in [9.17, 15) is 0 Å². The maximum Gasteiger partial charge on any atom is 0.294 e. The van der Waals surface area contributed by atoms with Crippen molar-refractivity contribution in [3.8, 4) is 0 Å². The van der Waals surface area contributed by atoms with E-state index < -0.39 is 14.1 Å². The van der Waals surface area contributed by atoms with E-state index in [1.165, 1.54) is 0 Å². The van der Waals surface area contributed by atoms with Gasteiger partial charge in [0, 0.05) is 6.61 Å². The molecule has 0 heterocycles. The van der Waals surface area contributed by atoms with Crippen molar-refractivity contribution in [2.24, 2.45) is 0 Å². The Balaban J connectivity index is 2.68. The molecule has 0 saturated heterocycles. The summed E-state index contributed by atoms with van der Waals surface area (Å²) < 4.78 is 5.16. The molecule has 7 heavy (non-hydrogen) atoms. The average molecular weight is 116 g/mol. The van der Waals surface area contributed by atoms with Crippen molar-refractivity contribution in [3.63, 3.8) is 0 Å². The first kappa shape index (κ1) is 7.49. The molecule has 2 heteroatoms. The van der Waals surface area contributed by atoms with E-state index in [1.807, 2.05) is 6.92 Å². The number of ether oxygens (including phenoxy) is 1. The molecular formula is C5H13AlO.